The molecule has 0 rings (SSSR count). The van der Waals surface area contributed by atoms with Gasteiger partial charge in [-0.25, -0.2) is 12.8 Å². The van der Waals surface area contributed by atoms with Crippen LogP contribution in [0, 0.1) is 0 Å². The zero-order valence-corrected chi connectivity index (χ0v) is 9.20. The van der Waals surface area contributed by atoms with Crippen molar-refractivity contribution in [2.24, 2.45) is 5.73 Å². The summed E-state index contributed by atoms with van der Waals surface area (Å²) in [5.74, 6) is -0.130. The minimum Gasteiger partial charge on any atom is -0.328 e. The summed E-state index contributed by atoms with van der Waals surface area (Å²) in [4.78, 5) is 0. The molecule has 2 N–H and O–H groups in total. The fourth-order valence-corrected chi connectivity index (χ4v) is 1.87. The Kier molecular flexibility index (Phi) is 4.32. The SMILES string of the molecule is CC(C)S(=O)(=O)CCC(C)(F)CN. The molecule has 5 heteroatoms. The maximum Gasteiger partial charge on any atom is 0.152 e. The Bertz CT molecular complexity index is 247. The standard InChI is InChI=1S/C8H18FNO2S/c1-7(2)13(11,12)5-4-8(3,9)6-10/h7H,4-6,10H2,1-3H3. The topological polar surface area (TPSA) is 60.2 Å². The smallest absolute Gasteiger partial charge is 0.152 e. The highest BCUT2D eigenvalue weighted by Gasteiger charge is 2.25. The third kappa shape index (κ3) is 4.57. The highest BCUT2D eigenvalue weighted by atomic mass is 32.2. The van der Waals surface area contributed by atoms with Crippen molar-refractivity contribution >= 4 is 9.84 Å². The lowest BCUT2D eigenvalue weighted by molar-refractivity contribution is 0.194. The first kappa shape index (κ1) is 12.8. The number of nitrogens with two attached hydrogens (primary N) is 1. The minimum absolute atomic E-state index is 0.0238. The van der Waals surface area contributed by atoms with Gasteiger partial charge in [0.05, 0.1) is 11.0 Å². The molecule has 0 saturated heterocycles. The second-order valence-corrected chi connectivity index (χ2v) is 6.46. The maximum atomic E-state index is 13.2. The van der Waals surface area contributed by atoms with Gasteiger partial charge in [0.15, 0.2) is 9.84 Å². The molecule has 0 saturated carbocycles. The van der Waals surface area contributed by atoms with Crippen LogP contribution in [0.5, 0.6) is 0 Å². The van der Waals surface area contributed by atoms with Crippen LogP contribution in [0.15, 0.2) is 0 Å². The highest BCUT2D eigenvalue weighted by molar-refractivity contribution is 7.91. The molecule has 3 nitrogen and oxygen atoms in total. The van der Waals surface area contributed by atoms with Gasteiger partial charge in [-0.05, 0) is 27.2 Å². The van der Waals surface area contributed by atoms with E-state index in [9.17, 15) is 12.8 Å². The number of alkyl halides is 1. The van der Waals surface area contributed by atoms with Crippen molar-refractivity contribution in [3.05, 3.63) is 0 Å². The molecule has 0 aliphatic rings. The monoisotopic (exact) mass is 211 g/mol. The van der Waals surface area contributed by atoms with Gasteiger partial charge in [0.1, 0.15) is 5.67 Å². The first-order chi connectivity index (χ1) is 5.71. The van der Waals surface area contributed by atoms with E-state index in [1.165, 1.54) is 6.92 Å². The quantitative estimate of drug-likeness (QED) is 0.734. The van der Waals surface area contributed by atoms with Crippen LogP contribution < -0.4 is 5.73 Å². The summed E-state index contributed by atoms with van der Waals surface area (Å²) >= 11 is 0. The molecule has 0 fully saturated rings. The van der Waals surface area contributed by atoms with Gasteiger partial charge in [0.2, 0.25) is 0 Å². The predicted molar refractivity (Wildman–Crippen MR) is 52.1 cm³/mol. The number of hydrogen-bond donors (Lipinski definition) is 1. The van der Waals surface area contributed by atoms with E-state index in [-0.39, 0.29) is 18.7 Å². The van der Waals surface area contributed by atoms with Crippen LogP contribution in [-0.2, 0) is 9.84 Å². The van der Waals surface area contributed by atoms with Crippen LogP contribution in [0.3, 0.4) is 0 Å². The van der Waals surface area contributed by atoms with E-state index < -0.39 is 20.8 Å². The van der Waals surface area contributed by atoms with Crippen LogP contribution in [-0.4, -0.2) is 31.6 Å². The van der Waals surface area contributed by atoms with E-state index >= 15 is 0 Å². The summed E-state index contributed by atoms with van der Waals surface area (Å²) in [6.07, 6.45) is -0.0238. The van der Waals surface area contributed by atoms with Gasteiger partial charge < -0.3 is 5.73 Å². The summed E-state index contributed by atoms with van der Waals surface area (Å²) in [6.45, 7) is 4.37. The molecule has 0 aliphatic carbocycles. The van der Waals surface area contributed by atoms with Gasteiger partial charge in [0, 0.05) is 6.54 Å². The maximum absolute atomic E-state index is 13.2. The van der Waals surface area contributed by atoms with Gasteiger partial charge in [-0.15, -0.1) is 0 Å². The van der Waals surface area contributed by atoms with E-state index in [2.05, 4.69) is 0 Å². The predicted octanol–water partition coefficient (Wildman–Crippen LogP) is 0.887. The molecule has 0 spiro atoms. The molecule has 80 valence electrons. The second-order valence-electron chi connectivity index (χ2n) is 3.78. The number of sulfone groups is 1. The van der Waals surface area contributed by atoms with Crippen molar-refractivity contribution in [1.29, 1.82) is 0 Å². The molecular weight excluding hydrogens is 193 g/mol. The molecular formula is C8H18FNO2S. The Hall–Kier alpha value is -0.160. The summed E-state index contributed by atoms with van der Waals surface area (Å²) in [5, 5.41) is -0.443. The molecule has 0 heterocycles. The summed E-state index contributed by atoms with van der Waals surface area (Å²) in [5.41, 5.74) is 3.57. The van der Waals surface area contributed by atoms with Gasteiger partial charge in [-0.2, -0.15) is 0 Å². The molecule has 0 radical (unpaired) electrons. The zero-order valence-electron chi connectivity index (χ0n) is 8.38. The molecule has 13 heavy (non-hydrogen) atoms. The fraction of sp³-hybridized carbons (Fsp3) is 1.00. The van der Waals surface area contributed by atoms with Crippen LogP contribution >= 0.6 is 0 Å². The lowest BCUT2D eigenvalue weighted by atomic mass is 10.1. The fourth-order valence-electron chi connectivity index (χ4n) is 0.693. The molecule has 0 aromatic carbocycles. The molecule has 0 amide bonds. The Morgan fingerprint density at radius 3 is 2.23 bits per heavy atom. The van der Waals surface area contributed by atoms with E-state index in [0.29, 0.717) is 0 Å². The van der Waals surface area contributed by atoms with Crippen molar-refractivity contribution in [2.45, 2.75) is 38.1 Å². The van der Waals surface area contributed by atoms with Crippen LogP contribution in [0.25, 0.3) is 0 Å². The molecule has 1 unspecified atom stereocenters. The van der Waals surface area contributed by atoms with Gasteiger partial charge in [-0.3, -0.25) is 0 Å². The first-order valence-corrected chi connectivity index (χ1v) is 6.03. The molecule has 0 bridgehead atoms. The lowest BCUT2D eigenvalue weighted by Gasteiger charge is -2.18. The second kappa shape index (κ2) is 4.37. The Balaban J connectivity index is 4.19. The Labute approximate surface area is 79.4 Å². The van der Waals surface area contributed by atoms with Gasteiger partial charge in [0.25, 0.3) is 0 Å². The van der Waals surface area contributed by atoms with Crippen LogP contribution in [0.4, 0.5) is 4.39 Å². The van der Waals surface area contributed by atoms with Crippen LogP contribution in [0.2, 0.25) is 0 Å². The van der Waals surface area contributed by atoms with E-state index in [1.807, 2.05) is 0 Å². The lowest BCUT2D eigenvalue weighted by Crippen LogP contribution is -2.33. The van der Waals surface area contributed by atoms with Crippen molar-refractivity contribution in [2.75, 3.05) is 12.3 Å². The van der Waals surface area contributed by atoms with E-state index in [0.717, 1.165) is 0 Å². The zero-order chi connectivity index (χ0) is 10.7. The average Bonchev–Trinajstić information content (AvgIpc) is 2.01. The van der Waals surface area contributed by atoms with Crippen molar-refractivity contribution < 1.29 is 12.8 Å². The summed E-state index contributed by atoms with van der Waals surface area (Å²) < 4.78 is 35.8. The highest BCUT2D eigenvalue weighted by Crippen LogP contribution is 2.16. The molecule has 0 aliphatic heterocycles. The summed E-state index contributed by atoms with van der Waals surface area (Å²) in [7, 11) is -3.14. The van der Waals surface area contributed by atoms with Crippen LogP contribution in [0.1, 0.15) is 27.2 Å². The normalized spacial score (nSPS) is 17.4. The largest absolute Gasteiger partial charge is 0.328 e. The third-order valence-corrected chi connectivity index (χ3v) is 4.26. The first-order valence-electron chi connectivity index (χ1n) is 4.32. The Morgan fingerprint density at radius 2 is 1.92 bits per heavy atom. The number of hydrogen-bond acceptors (Lipinski definition) is 3. The Morgan fingerprint density at radius 1 is 1.46 bits per heavy atom. The average molecular weight is 211 g/mol. The van der Waals surface area contributed by atoms with Crippen molar-refractivity contribution in [1.82, 2.24) is 0 Å². The van der Waals surface area contributed by atoms with Crippen molar-refractivity contribution in [3.8, 4) is 0 Å². The molecule has 0 aromatic heterocycles. The molecule has 1 atom stereocenters. The van der Waals surface area contributed by atoms with Gasteiger partial charge >= 0.3 is 0 Å². The number of rotatable bonds is 5. The number of halogens is 1. The third-order valence-electron chi connectivity index (χ3n) is 2.05. The summed E-state index contributed by atoms with van der Waals surface area (Å²) in [6, 6.07) is 0. The van der Waals surface area contributed by atoms with Crippen molar-refractivity contribution in [3.63, 3.8) is 0 Å². The molecule has 0 aromatic rings. The van der Waals surface area contributed by atoms with E-state index in [4.69, 9.17) is 5.73 Å². The van der Waals surface area contributed by atoms with Gasteiger partial charge in [-0.1, -0.05) is 0 Å². The minimum atomic E-state index is -3.14. The van der Waals surface area contributed by atoms with E-state index in [1.54, 1.807) is 13.8 Å².